The molecule has 2 unspecified atom stereocenters. The molecule has 1 aliphatic heterocycles. The Kier molecular flexibility index (Phi) is 2.81. The Hall–Kier alpha value is -1.58. The summed E-state index contributed by atoms with van der Waals surface area (Å²) in [5, 5.41) is 0. The maximum atomic E-state index is 13.6. The van der Waals surface area contributed by atoms with Crippen LogP contribution in [0.5, 0.6) is 0 Å². The lowest BCUT2D eigenvalue weighted by molar-refractivity contribution is 0.0369. The van der Waals surface area contributed by atoms with Gasteiger partial charge in [0.15, 0.2) is 0 Å². The lowest BCUT2D eigenvalue weighted by Crippen LogP contribution is -2.27. The molecular weight excluding hydrogens is 221 g/mol. The third kappa shape index (κ3) is 2.57. The van der Waals surface area contributed by atoms with Crippen molar-refractivity contribution in [2.75, 3.05) is 0 Å². The Morgan fingerprint density at radius 3 is 2.41 bits per heavy atom. The fourth-order valence-electron chi connectivity index (χ4n) is 1.70. The zero-order chi connectivity index (χ0) is 12.6. The average molecular weight is 237 g/mol. The van der Waals surface area contributed by atoms with Gasteiger partial charge < -0.3 is 4.74 Å². The average Bonchev–Trinajstić information content (AvgIpc) is 2.89. The van der Waals surface area contributed by atoms with Crippen LogP contribution in [-0.4, -0.2) is 22.9 Å². The highest BCUT2D eigenvalue weighted by atomic mass is 19.1. The molecule has 0 aliphatic carbocycles. The van der Waals surface area contributed by atoms with Crippen LogP contribution in [0.15, 0.2) is 30.3 Å². The van der Waals surface area contributed by atoms with Crippen LogP contribution in [0.25, 0.3) is 0 Å². The quantitative estimate of drug-likeness (QED) is 0.554. The highest BCUT2D eigenvalue weighted by Crippen LogP contribution is 2.44. The summed E-state index contributed by atoms with van der Waals surface area (Å²) in [6, 6.07) is 8.63. The van der Waals surface area contributed by atoms with E-state index in [1.165, 1.54) is 0 Å². The Bertz CT molecular complexity index is 413. The lowest BCUT2D eigenvalue weighted by atomic mass is 10.1. The molecule has 17 heavy (non-hydrogen) atoms. The molecule has 1 aromatic carbocycles. The van der Waals surface area contributed by atoms with Crippen molar-refractivity contribution >= 4 is 6.09 Å². The second-order valence-corrected chi connectivity index (χ2v) is 5.12. The number of rotatable bonds is 1. The minimum absolute atomic E-state index is 0.494. The summed E-state index contributed by atoms with van der Waals surface area (Å²) >= 11 is 0. The maximum absolute atomic E-state index is 13.6. The second kappa shape index (κ2) is 4.02. The summed E-state index contributed by atoms with van der Waals surface area (Å²) in [7, 11) is 0. The van der Waals surface area contributed by atoms with Crippen LogP contribution in [-0.2, 0) is 4.74 Å². The molecule has 4 heteroatoms. The monoisotopic (exact) mass is 237 g/mol. The Morgan fingerprint density at radius 2 is 1.88 bits per heavy atom. The molecule has 3 nitrogen and oxygen atoms in total. The number of amides is 1. The van der Waals surface area contributed by atoms with E-state index in [9.17, 15) is 9.18 Å². The molecule has 0 bridgehead atoms. The van der Waals surface area contributed by atoms with Crippen LogP contribution in [0, 0.1) is 0 Å². The number of hydrogen-bond donors (Lipinski definition) is 0. The van der Waals surface area contributed by atoms with Crippen molar-refractivity contribution in [2.45, 2.75) is 38.7 Å². The maximum Gasteiger partial charge on any atom is 0.413 e. The molecule has 0 radical (unpaired) electrons. The van der Waals surface area contributed by atoms with E-state index in [0.717, 1.165) is 10.5 Å². The number of nitrogens with zero attached hydrogens (tertiary/aromatic N) is 1. The second-order valence-electron chi connectivity index (χ2n) is 5.12. The van der Waals surface area contributed by atoms with Gasteiger partial charge in [-0.3, -0.25) is 4.90 Å². The van der Waals surface area contributed by atoms with Crippen LogP contribution in [0.1, 0.15) is 32.4 Å². The number of ether oxygens (including phenoxy) is 1. The Labute approximate surface area is 100 Å². The van der Waals surface area contributed by atoms with E-state index >= 15 is 0 Å². The van der Waals surface area contributed by atoms with Gasteiger partial charge in [-0.25, -0.2) is 9.18 Å². The van der Waals surface area contributed by atoms with E-state index in [-0.39, 0.29) is 0 Å². The minimum atomic E-state index is -1.27. The van der Waals surface area contributed by atoms with Crippen molar-refractivity contribution < 1.29 is 13.9 Å². The van der Waals surface area contributed by atoms with Gasteiger partial charge in [0.1, 0.15) is 11.6 Å². The largest absolute Gasteiger partial charge is 0.444 e. The molecule has 0 aromatic heterocycles. The van der Waals surface area contributed by atoms with Gasteiger partial charge in [-0.2, -0.15) is 0 Å². The number of alkyl halides is 1. The lowest BCUT2D eigenvalue weighted by Gasteiger charge is -2.19. The summed E-state index contributed by atoms with van der Waals surface area (Å²) in [5.41, 5.74) is 0.200. The van der Waals surface area contributed by atoms with Crippen molar-refractivity contribution in [3.05, 3.63) is 35.9 Å². The normalized spacial score (nSPS) is 23.4. The van der Waals surface area contributed by atoms with Crippen molar-refractivity contribution in [3.63, 3.8) is 0 Å². The molecular formula is C13H16FNO2. The van der Waals surface area contributed by atoms with Gasteiger partial charge in [-0.1, -0.05) is 30.3 Å². The highest BCUT2D eigenvalue weighted by Gasteiger charge is 2.54. The molecule has 1 saturated heterocycles. The van der Waals surface area contributed by atoms with Crippen molar-refractivity contribution in [1.82, 2.24) is 4.90 Å². The molecule has 0 N–H and O–H groups in total. The Morgan fingerprint density at radius 1 is 1.29 bits per heavy atom. The van der Waals surface area contributed by atoms with E-state index in [0.29, 0.717) is 0 Å². The molecule has 0 saturated carbocycles. The summed E-state index contributed by atoms with van der Waals surface area (Å²) < 4.78 is 18.7. The summed E-state index contributed by atoms with van der Waals surface area (Å²) in [4.78, 5) is 12.8. The third-order valence-corrected chi connectivity index (χ3v) is 2.48. The van der Waals surface area contributed by atoms with Gasteiger partial charge in [0.05, 0.1) is 0 Å². The van der Waals surface area contributed by atoms with Gasteiger partial charge in [0.25, 0.3) is 0 Å². The van der Waals surface area contributed by atoms with Gasteiger partial charge in [-0.15, -0.1) is 0 Å². The fraction of sp³-hybridized carbons (Fsp3) is 0.462. The first kappa shape index (κ1) is 11.9. The number of benzene rings is 1. The molecule has 2 atom stereocenters. The van der Waals surface area contributed by atoms with Crippen LogP contribution in [0.2, 0.25) is 0 Å². The molecule has 1 aliphatic rings. The van der Waals surface area contributed by atoms with Crippen molar-refractivity contribution in [1.29, 1.82) is 0 Å². The van der Waals surface area contributed by atoms with E-state index < -0.39 is 24.0 Å². The van der Waals surface area contributed by atoms with Crippen LogP contribution >= 0.6 is 0 Å². The first-order valence-electron chi connectivity index (χ1n) is 5.60. The zero-order valence-electron chi connectivity index (χ0n) is 10.2. The fourth-order valence-corrected chi connectivity index (χ4v) is 1.70. The van der Waals surface area contributed by atoms with E-state index in [4.69, 9.17) is 4.74 Å². The number of halogens is 1. The van der Waals surface area contributed by atoms with Crippen LogP contribution in [0.4, 0.5) is 9.18 Å². The van der Waals surface area contributed by atoms with Crippen molar-refractivity contribution in [3.8, 4) is 0 Å². The standard InChI is InChI=1S/C13H16FNO2/c1-13(2,3)17-12(16)15-10(11(15)14)9-7-5-4-6-8-9/h4-8,10-11H,1-3H3. The SMILES string of the molecule is CC(C)(C)OC(=O)N1C(F)C1c1ccccc1. The van der Waals surface area contributed by atoms with Gasteiger partial charge in [0, 0.05) is 0 Å². The van der Waals surface area contributed by atoms with Gasteiger partial charge >= 0.3 is 6.09 Å². The molecule has 1 heterocycles. The first-order chi connectivity index (χ1) is 7.90. The molecule has 2 rings (SSSR count). The predicted molar refractivity (Wildman–Crippen MR) is 62.2 cm³/mol. The topological polar surface area (TPSA) is 29.3 Å². The highest BCUT2D eigenvalue weighted by molar-refractivity contribution is 5.72. The summed E-state index contributed by atoms with van der Waals surface area (Å²) in [6.45, 7) is 5.29. The summed E-state index contributed by atoms with van der Waals surface area (Å²) in [6.07, 6.45) is -1.87. The molecule has 1 fully saturated rings. The number of hydrogen-bond acceptors (Lipinski definition) is 2. The first-order valence-corrected chi connectivity index (χ1v) is 5.60. The zero-order valence-corrected chi connectivity index (χ0v) is 10.2. The molecule has 0 spiro atoms. The van der Waals surface area contributed by atoms with E-state index in [1.54, 1.807) is 20.8 Å². The van der Waals surface area contributed by atoms with E-state index in [1.807, 2.05) is 30.3 Å². The van der Waals surface area contributed by atoms with Gasteiger partial charge in [0.2, 0.25) is 6.30 Å². The smallest absolute Gasteiger partial charge is 0.413 e. The van der Waals surface area contributed by atoms with E-state index in [2.05, 4.69) is 0 Å². The van der Waals surface area contributed by atoms with Crippen LogP contribution in [0.3, 0.4) is 0 Å². The Balaban J connectivity index is 2.04. The molecule has 92 valence electrons. The van der Waals surface area contributed by atoms with Gasteiger partial charge in [-0.05, 0) is 26.3 Å². The molecule has 1 aromatic rings. The third-order valence-electron chi connectivity index (χ3n) is 2.48. The van der Waals surface area contributed by atoms with Crippen molar-refractivity contribution in [2.24, 2.45) is 0 Å². The number of carbonyl (C=O) groups excluding carboxylic acids is 1. The predicted octanol–water partition coefficient (Wildman–Crippen LogP) is 3.27. The minimum Gasteiger partial charge on any atom is -0.444 e. The molecule has 1 amide bonds. The summed E-state index contributed by atoms with van der Waals surface area (Å²) in [5.74, 6) is 0. The number of carbonyl (C=O) groups is 1. The van der Waals surface area contributed by atoms with Crippen LogP contribution < -0.4 is 0 Å².